The lowest BCUT2D eigenvalue weighted by Crippen LogP contribution is -2.34. The molecule has 34 heavy (non-hydrogen) atoms. The molecule has 2 rings (SSSR count). The summed E-state index contributed by atoms with van der Waals surface area (Å²) in [5, 5.41) is 0. The zero-order valence-corrected chi connectivity index (χ0v) is 22.3. The van der Waals surface area contributed by atoms with Crippen molar-refractivity contribution in [3.8, 4) is 0 Å². The highest BCUT2D eigenvalue weighted by Gasteiger charge is 2.36. The van der Waals surface area contributed by atoms with E-state index < -0.39 is 5.60 Å². The van der Waals surface area contributed by atoms with Crippen LogP contribution >= 0.6 is 0 Å². The molecular formula is C31H44O3. The number of ketones is 2. The van der Waals surface area contributed by atoms with Crippen LogP contribution in [0, 0.1) is 0 Å². The summed E-state index contributed by atoms with van der Waals surface area (Å²) in [6.07, 6.45) is 21.9. The highest BCUT2D eigenvalue weighted by molar-refractivity contribution is 6.23. The van der Waals surface area contributed by atoms with Crippen molar-refractivity contribution in [1.82, 2.24) is 0 Å². The molecule has 1 aliphatic carbocycles. The maximum atomic E-state index is 13.0. The van der Waals surface area contributed by atoms with Gasteiger partial charge in [-0.2, -0.15) is 0 Å². The second kappa shape index (κ2) is 13.5. The first-order chi connectivity index (χ1) is 16.1. The Morgan fingerprint density at radius 2 is 1.59 bits per heavy atom. The number of allylic oxidation sites excluding steroid dienone is 10. The molecule has 1 aliphatic heterocycles. The van der Waals surface area contributed by atoms with Crippen molar-refractivity contribution in [1.29, 1.82) is 0 Å². The molecule has 186 valence electrons. The molecule has 2 aliphatic rings. The Bertz CT molecular complexity index is 932. The Kier molecular flexibility index (Phi) is 11.0. The van der Waals surface area contributed by atoms with Gasteiger partial charge in [0.25, 0.3) is 0 Å². The predicted octanol–water partition coefficient (Wildman–Crippen LogP) is 8.44. The number of carbonyl (C=O) groups excluding carboxylic acids is 2. The Morgan fingerprint density at radius 1 is 0.941 bits per heavy atom. The van der Waals surface area contributed by atoms with Crippen LogP contribution in [0.1, 0.15) is 106 Å². The van der Waals surface area contributed by atoms with Gasteiger partial charge in [-0.15, -0.1) is 0 Å². The zero-order valence-electron chi connectivity index (χ0n) is 22.3. The lowest BCUT2D eigenvalue weighted by molar-refractivity contribution is -0.121. The normalized spacial score (nSPS) is 20.8. The number of rotatable bonds is 13. The lowest BCUT2D eigenvalue weighted by Gasteiger charge is -2.33. The summed E-state index contributed by atoms with van der Waals surface area (Å²) in [5.74, 6) is 0.0255. The number of Topliss-reactive ketones (excluding diaryl/α,β-unsaturated/α-hetero) is 1. The first kappa shape index (κ1) is 27.8. The van der Waals surface area contributed by atoms with E-state index in [0.717, 1.165) is 57.8 Å². The molecule has 0 amide bonds. The molecule has 0 bridgehead atoms. The molecule has 0 saturated heterocycles. The Morgan fingerprint density at radius 3 is 2.24 bits per heavy atom. The van der Waals surface area contributed by atoms with Crippen LogP contribution in [0.3, 0.4) is 0 Å². The highest BCUT2D eigenvalue weighted by Crippen LogP contribution is 2.35. The van der Waals surface area contributed by atoms with E-state index >= 15 is 0 Å². The summed E-state index contributed by atoms with van der Waals surface area (Å²) in [5.41, 5.74) is 4.64. The van der Waals surface area contributed by atoms with Gasteiger partial charge < -0.3 is 4.74 Å². The standard InChI is InChI=1S/C31H44O3/c1-7-8-9-18-26-22-28(32)27-19-21-31(6,34-30(27)29(26)33)20-12-17-25(5)16-11-15-24(4)14-10-13-23(2)3/h13,15,17,19,21-22H,7-12,14,16,18,20H2,1-6H3/b24-15+,25-17+. The molecule has 0 fully saturated rings. The van der Waals surface area contributed by atoms with Gasteiger partial charge in [0, 0.05) is 5.57 Å². The molecular weight excluding hydrogens is 420 g/mol. The van der Waals surface area contributed by atoms with Gasteiger partial charge in [-0.25, -0.2) is 0 Å². The van der Waals surface area contributed by atoms with Crippen LogP contribution in [-0.2, 0) is 14.3 Å². The van der Waals surface area contributed by atoms with Crippen LogP contribution in [0.15, 0.2) is 70.1 Å². The zero-order chi connectivity index (χ0) is 25.1. The van der Waals surface area contributed by atoms with Gasteiger partial charge in [-0.05, 0) is 104 Å². The fraction of sp³-hybridized carbons (Fsp3) is 0.548. The molecule has 0 aromatic rings. The second-order valence-electron chi connectivity index (χ2n) is 10.3. The summed E-state index contributed by atoms with van der Waals surface area (Å²) < 4.78 is 6.18. The molecule has 0 saturated carbocycles. The summed E-state index contributed by atoms with van der Waals surface area (Å²) >= 11 is 0. The van der Waals surface area contributed by atoms with Crippen molar-refractivity contribution in [3.05, 3.63) is 70.1 Å². The van der Waals surface area contributed by atoms with Gasteiger partial charge in [-0.1, -0.05) is 54.7 Å². The smallest absolute Gasteiger partial charge is 0.224 e. The van der Waals surface area contributed by atoms with Crippen LogP contribution in [0.4, 0.5) is 0 Å². The van der Waals surface area contributed by atoms with Crippen molar-refractivity contribution < 1.29 is 14.3 Å². The second-order valence-corrected chi connectivity index (χ2v) is 10.3. The van der Waals surface area contributed by atoms with E-state index in [1.165, 1.54) is 22.8 Å². The highest BCUT2D eigenvalue weighted by atomic mass is 16.5. The quantitative estimate of drug-likeness (QED) is 0.156. The van der Waals surface area contributed by atoms with E-state index in [-0.39, 0.29) is 17.3 Å². The Balaban J connectivity index is 1.86. The fourth-order valence-electron chi connectivity index (χ4n) is 4.30. The first-order valence-corrected chi connectivity index (χ1v) is 13.0. The van der Waals surface area contributed by atoms with Gasteiger partial charge in [0.05, 0.1) is 5.57 Å². The first-order valence-electron chi connectivity index (χ1n) is 13.0. The summed E-state index contributed by atoms with van der Waals surface area (Å²) in [7, 11) is 0. The molecule has 1 atom stereocenters. The van der Waals surface area contributed by atoms with Crippen LogP contribution in [0.2, 0.25) is 0 Å². The van der Waals surface area contributed by atoms with E-state index in [1.54, 1.807) is 6.08 Å². The number of hydrogen-bond acceptors (Lipinski definition) is 3. The predicted molar refractivity (Wildman–Crippen MR) is 143 cm³/mol. The minimum atomic E-state index is -0.571. The Labute approximate surface area is 207 Å². The van der Waals surface area contributed by atoms with Gasteiger partial charge >= 0.3 is 0 Å². The molecule has 0 radical (unpaired) electrons. The van der Waals surface area contributed by atoms with Crippen molar-refractivity contribution in [2.75, 3.05) is 0 Å². The number of unbranched alkanes of at least 4 members (excludes halogenated alkanes) is 2. The third-order valence-electron chi connectivity index (χ3n) is 6.56. The molecule has 1 heterocycles. The summed E-state index contributed by atoms with van der Waals surface area (Å²) in [6.45, 7) is 12.8. The topological polar surface area (TPSA) is 43.4 Å². The van der Waals surface area contributed by atoms with E-state index in [1.807, 2.05) is 13.0 Å². The van der Waals surface area contributed by atoms with Crippen molar-refractivity contribution in [2.24, 2.45) is 0 Å². The average Bonchev–Trinajstić information content (AvgIpc) is 2.77. The third-order valence-corrected chi connectivity index (χ3v) is 6.56. The lowest BCUT2D eigenvalue weighted by atomic mass is 9.87. The van der Waals surface area contributed by atoms with E-state index in [0.29, 0.717) is 17.6 Å². The minimum absolute atomic E-state index is 0.111. The monoisotopic (exact) mass is 464 g/mol. The maximum absolute atomic E-state index is 13.0. The molecule has 3 heteroatoms. The SMILES string of the molecule is CCCCCC1=CC(=O)C2=C(OC(C)(CC/C=C(\C)CC/C=C(\C)CCC=C(C)C)C=C2)C1=O. The van der Waals surface area contributed by atoms with Crippen LogP contribution < -0.4 is 0 Å². The van der Waals surface area contributed by atoms with Gasteiger partial charge in [0.15, 0.2) is 11.5 Å². The molecule has 0 aromatic carbocycles. The van der Waals surface area contributed by atoms with E-state index in [9.17, 15) is 9.59 Å². The maximum Gasteiger partial charge on any atom is 0.224 e. The third kappa shape index (κ3) is 8.74. The number of hydrogen-bond donors (Lipinski definition) is 0. The van der Waals surface area contributed by atoms with Crippen LogP contribution in [0.5, 0.6) is 0 Å². The average molecular weight is 465 g/mol. The molecule has 3 nitrogen and oxygen atoms in total. The van der Waals surface area contributed by atoms with E-state index in [2.05, 4.69) is 52.8 Å². The van der Waals surface area contributed by atoms with Crippen molar-refractivity contribution in [2.45, 2.75) is 111 Å². The van der Waals surface area contributed by atoms with E-state index in [4.69, 9.17) is 4.74 Å². The molecule has 0 aromatic heterocycles. The number of carbonyl (C=O) groups is 2. The molecule has 0 N–H and O–H groups in total. The van der Waals surface area contributed by atoms with Gasteiger partial charge in [0.2, 0.25) is 5.78 Å². The van der Waals surface area contributed by atoms with Crippen molar-refractivity contribution in [3.63, 3.8) is 0 Å². The number of ether oxygens (including phenoxy) is 1. The Hall–Kier alpha value is -2.42. The minimum Gasteiger partial charge on any atom is -0.479 e. The van der Waals surface area contributed by atoms with Crippen LogP contribution in [0.25, 0.3) is 0 Å². The summed E-state index contributed by atoms with van der Waals surface area (Å²) in [4.78, 5) is 25.5. The molecule has 1 unspecified atom stereocenters. The molecule has 0 spiro atoms. The van der Waals surface area contributed by atoms with Crippen molar-refractivity contribution >= 4 is 11.6 Å². The van der Waals surface area contributed by atoms with Gasteiger partial charge in [0.1, 0.15) is 5.60 Å². The van der Waals surface area contributed by atoms with Gasteiger partial charge in [-0.3, -0.25) is 9.59 Å². The summed E-state index contributed by atoms with van der Waals surface area (Å²) in [6, 6.07) is 0. The largest absolute Gasteiger partial charge is 0.479 e. The van der Waals surface area contributed by atoms with Crippen LogP contribution in [-0.4, -0.2) is 17.2 Å². The fourth-order valence-corrected chi connectivity index (χ4v) is 4.30.